The van der Waals surface area contributed by atoms with Crippen LogP contribution in [0, 0.1) is 5.82 Å². The van der Waals surface area contributed by atoms with E-state index in [9.17, 15) is 18.8 Å². The minimum Gasteiger partial charge on any atom is -0.481 e. The summed E-state index contributed by atoms with van der Waals surface area (Å²) in [7, 11) is 0. The van der Waals surface area contributed by atoms with E-state index in [-0.39, 0.29) is 18.1 Å². The van der Waals surface area contributed by atoms with Crippen molar-refractivity contribution >= 4 is 35.2 Å². The Morgan fingerprint density at radius 2 is 1.78 bits per heavy atom. The van der Waals surface area contributed by atoms with E-state index in [1.165, 1.54) is 30.0 Å². The molecule has 1 atom stereocenters. The summed E-state index contributed by atoms with van der Waals surface area (Å²) in [5.74, 6) is -2.11. The molecule has 0 bridgehead atoms. The summed E-state index contributed by atoms with van der Waals surface area (Å²) in [6, 6.07) is 13.0. The number of carbonyl (C=O) groups excluding carboxylic acids is 3. The van der Waals surface area contributed by atoms with E-state index >= 15 is 0 Å². The van der Waals surface area contributed by atoms with E-state index in [2.05, 4.69) is 16.2 Å². The molecule has 7 nitrogen and oxygen atoms in total. The van der Waals surface area contributed by atoms with Crippen molar-refractivity contribution in [3.8, 4) is 5.75 Å². The van der Waals surface area contributed by atoms with Crippen molar-refractivity contribution in [1.82, 2.24) is 10.9 Å². The number of rotatable bonds is 5. The van der Waals surface area contributed by atoms with E-state index in [0.717, 1.165) is 4.90 Å². The molecular formula is C18H16FN3O4S. The lowest BCUT2D eigenvalue weighted by molar-refractivity contribution is -0.130. The first-order chi connectivity index (χ1) is 13.0. The summed E-state index contributed by atoms with van der Waals surface area (Å²) in [4.78, 5) is 36.6. The predicted octanol–water partition coefficient (Wildman–Crippen LogP) is 1.85. The fourth-order valence-corrected chi connectivity index (χ4v) is 3.44. The maximum absolute atomic E-state index is 13.4. The highest BCUT2D eigenvalue weighted by Gasteiger charge is 2.28. The third-order valence-corrected chi connectivity index (χ3v) is 4.89. The van der Waals surface area contributed by atoms with Gasteiger partial charge in [0.15, 0.2) is 18.2 Å². The summed E-state index contributed by atoms with van der Waals surface area (Å²) in [5, 5.41) is 2.14. The Hall–Kier alpha value is -3.07. The Morgan fingerprint density at radius 3 is 2.59 bits per heavy atom. The van der Waals surface area contributed by atoms with Gasteiger partial charge < -0.3 is 10.1 Å². The highest BCUT2D eigenvalue weighted by Crippen LogP contribution is 2.36. The number of carbonyl (C=O) groups is 3. The SMILES string of the molecule is O=C(COc1ccccc1F)NNC(=O)C[C@@H]1Sc2ccccc2NC1=O. The number of fused-ring (bicyclic) bond motifs is 1. The van der Waals surface area contributed by atoms with Gasteiger partial charge in [-0.15, -0.1) is 11.8 Å². The number of hydrogen-bond donors (Lipinski definition) is 3. The molecule has 3 N–H and O–H groups in total. The molecule has 9 heteroatoms. The van der Waals surface area contributed by atoms with Gasteiger partial charge in [0, 0.05) is 11.3 Å². The number of anilines is 1. The Morgan fingerprint density at radius 1 is 1.07 bits per heavy atom. The largest absolute Gasteiger partial charge is 0.481 e. The molecule has 0 aliphatic carbocycles. The van der Waals surface area contributed by atoms with Gasteiger partial charge >= 0.3 is 0 Å². The number of ether oxygens (including phenoxy) is 1. The van der Waals surface area contributed by atoms with Gasteiger partial charge in [0.2, 0.25) is 11.8 Å². The third kappa shape index (κ3) is 4.98. The molecule has 27 heavy (non-hydrogen) atoms. The molecule has 0 spiro atoms. The highest BCUT2D eigenvalue weighted by atomic mass is 32.2. The van der Waals surface area contributed by atoms with Crippen LogP contribution in [0.2, 0.25) is 0 Å². The van der Waals surface area contributed by atoms with Crippen LogP contribution >= 0.6 is 11.8 Å². The monoisotopic (exact) mass is 389 g/mol. The Balaban J connectivity index is 1.44. The van der Waals surface area contributed by atoms with Gasteiger partial charge in [-0.1, -0.05) is 24.3 Å². The van der Waals surface area contributed by atoms with Crippen LogP contribution in [0.4, 0.5) is 10.1 Å². The van der Waals surface area contributed by atoms with Gasteiger partial charge in [-0.2, -0.15) is 0 Å². The lowest BCUT2D eigenvalue weighted by Gasteiger charge is -2.23. The average molecular weight is 389 g/mol. The molecule has 1 heterocycles. The topological polar surface area (TPSA) is 96.5 Å². The zero-order chi connectivity index (χ0) is 19.2. The van der Waals surface area contributed by atoms with E-state index in [0.29, 0.717) is 5.69 Å². The zero-order valence-electron chi connectivity index (χ0n) is 14.0. The predicted molar refractivity (Wildman–Crippen MR) is 97.5 cm³/mol. The van der Waals surface area contributed by atoms with Crippen LogP contribution in [0.15, 0.2) is 53.4 Å². The molecule has 140 valence electrons. The van der Waals surface area contributed by atoms with Crippen molar-refractivity contribution in [3.05, 3.63) is 54.3 Å². The molecule has 0 saturated heterocycles. The number of halogens is 1. The molecule has 0 radical (unpaired) electrons. The van der Waals surface area contributed by atoms with Crippen LogP contribution in [0.1, 0.15) is 6.42 Å². The molecular weight excluding hydrogens is 373 g/mol. The minimum absolute atomic E-state index is 0.0621. The molecule has 1 aliphatic rings. The first kappa shape index (κ1) is 18.7. The smallest absolute Gasteiger partial charge is 0.276 e. The number of nitrogens with one attached hydrogen (secondary N) is 3. The van der Waals surface area contributed by atoms with Crippen LogP contribution in [0.5, 0.6) is 5.75 Å². The number of amides is 3. The van der Waals surface area contributed by atoms with Crippen molar-refractivity contribution < 1.29 is 23.5 Å². The second-order valence-electron chi connectivity index (χ2n) is 5.61. The van der Waals surface area contributed by atoms with Crippen LogP contribution in [0.3, 0.4) is 0 Å². The Kier molecular flexibility index (Phi) is 5.92. The van der Waals surface area contributed by atoms with E-state index < -0.39 is 29.5 Å². The minimum atomic E-state index is -0.655. The molecule has 2 aromatic rings. The van der Waals surface area contributed by atoms with Crippen molar-refractivity contribution in [2.75, 3.05) is 11.9 Å². The quantitative estimate of drug-likeness (QED) is 0.679. The summed E-state index contributed by atoms with van der Waals surface area (Å²) < 4.78 is 18.4. The van der Waals surface area contributed by atoms with Gasteiger partial charge in [-0.05, 0) is 24.3 Å². The molecule has 3 rings (SSSR count). The van der Waals surface area contributed by atoms with Gasteiger partial charge in [-0.3, -0.25) is 25.2 Å². The van der Waals surface area contributed by atoms with Crippen LogP contribution < -0.4 is 20.9 Å². The second-order valence-corrected chi connectivity index (χ2v) is 6.86. The van der Waals surface area contributed by atoms with E-state index in [1.807, 2.05) is 18.2 Å². The molecule has 0 fully saturated rings. The standard InChI is InChI=1S/C18H16FN3O4S/c19-11-5-1-3-7-13(11)26-10-17(24)22-21-16(23)9-15-18(25)20-12-6-2-4-8-14(12)27-15/h1-8,15H,9-10H2,(H,20,25)(H,21,23)(H,22,24)/t15-/m0/s1. The maximum atomic E-state index is 13.4. The highest BCUT2D eigenvalue weighted by molar-refractivity contribution is 8.01. The molecule has 3 amide bonds. The average Bonchev–Trinajstić information content (AvgIpc) is 2.66. The van der Waals surface area contributed by atoms with Crippen molar-refractivity contribution in [1.29, 1.82) is 0 Å². The number of thioether (sulfide) groups is 1. The normalized spacial score (nSPS) is 15.3. The van der Waals surface area contributed by atoms with Crippen LogP contribution in [0.25, 0.3) is 0 Å². The van der Waals surface area contributed by atoms with Crippen molar-refractivity contribution in [2.24, 2.45) is 0 Å². The van der Waals surface area contributed by atoms with Crippen molar-refractivity contribution in [3.63, 3.8) is 0 Å². The number of para-hydroxylation sites is 2. The molecule has 0 saturated carbocycles. The first-order valence-electron chi connectivity index (χ1n) is 8.04. The second kappa shape index (κ2) is 8.54. The molecule has 2 aromatic carbocycles. The summed E-state index contributed by atoms with van der Waals surface area (Å²) in [6.07, 6.45) is -0.112. The van der Waals surface area contributed by atoms with Crippen LogP contribution in [-0.4, -0.2) is 29.6 Å². The lowest BCUT2D eigenvalue weighted by atomic mass is 10.2. The zero-order valence-corrected chi connectivity index (χ0v) is 14.8. The van der Waals surface area contributed by atoms with Gasteiger partial charge in [0.05, 0.1) is 10.9 Å². The van der Waals surface area contributed by atoms with E-state index in [4.69, 9.17) is 4.74 Å². The lowest BCUT2D eigenvalue weighted by Crippen LogP contribution is -2.45. The maximum Gasteiger partial charge on any atom is 0.276 e. The summed E-state index contributed by atoms with van der Waals surface area (Å²) >= 11 is 1.28. The molecule has 0 aromatic heterocycles. The third-order valence-electron chi connectivity index (χ3n) is 3.61. The number of benzene rings is 2. The fraction of sp³-hybridized carbons (Fsp3) is 0.167. The summed E-state index contributed by atoms with van der Waals surface area (Å²) in [6.45, 7) is -0.465. The van der Waals surface area contributed by atoms with E-state index in [1.54, 1.807) is 12.1 Å². The first-order valence-corrected chi connectivity index (χ1v) is 8.92. The molecule has 0 unspecified atom stereocenters. The molecule has 1 aliphatic heterocycles. The van der Waals surface area contributed by atoms with Gasteiger partial charge in [-0.25, -0.2) is 4.39 Å². The van der Waals surface area contributed by atoms with Crippen LogP contribution in [-0.2, 0) is 14.4 Å². The Labute approximate surface area is 158 Å². The summed E-state index contributed by atoms with van der Waals surface area (Å²) in [5.41, 5.74) is 5.10. The fourth-order valence-electron chi connectivity index (χ4n) is 2.33. The van der Waals surface area contributed by atoms with Gasteiger partial charge in [0.25, 0.3) is 5.91 Å². The Bertz CT molecular complexity index is 877. The number of hydrazine groups is 1. The number of hydrogen-bond acceptors (Lipinski definition) is 5. The van der Waals surface area contributed by atoms with Gasteiger partial charge in [0.1, 0.15) is 0 Å². The van der Waals surface area contributed by atoms with Crippen molar-refractivity contribution in [2.45, 2.75) is 16.6 Å².